The van der Waals surface area contributed by atoms with Gasteiger partial charge in [0.1, 0.15) is 5.58 Å². The molecular weight excluding hydrogens is 278 g/mol. The summed E-state index contributed by atoms with van der Waals surface area (Å²) in [6.45, 7) is 1.53. The first-order valence-corrected chi connectivity index (χ1v) is 5.17. The lowest BCUT2D eigenvalue weighted by atomic mass is 10.1. The molecule has 0 spiro atoms. The lowest BCUT2D eigenvalue weighted by molar-refractivity contribution is -0.387. The summed E-state index contributed by atoms with van der Waals surface area (Å²) in [5, 5.41) is 11.3. The third-order valence-electron chi connectivity index (χ3n) is 2.28. The van der Waals surface area contributed by atoms with E-state index in [1.54, 1.807) is 18.2 Å². The predicted molar refractivity (Wildman–Crippen MR) is 61.6 cm³/mol. The van der Waals surface area contributed by atoms with Crippen LogP contribution in [0.25, 0.3) is 11.0 Å². The number of hydrogen-bond acceptors (Lipinski definition) is 4. The molecule has 0 saturated carbocycles. The molecule has 82 valence electrons. The van der Waals surface area contributed by atoms with E-state index in [0.717, 1.165) is 4.47 Å². The van der Waals surface area contributed by atoms with Gasteiger partial charge in [-0.25, -0.2) is 4.79 Å². The summed E-state index contributed by atoms with van der Waals surface area (Å²) in [6, 6.07) is 4.98. The van der Waals surface area contributed by atoms with Crippen molar-refractivity contribution < 1.29 is 9.34 Å². The number of aryl methyl sites for hydroxylation is 1. The number of rotatable bonds is 1. The molecule has 0 aliphatic heterocycles. The monoisotopic (exact) mass is 283 g/mol. The fraction of sp³-hybridized carbons (Fsp3) is 0.100. The van der Waals surface area contributed by atoms with E-state index in [9.17, 15) is 14.9 Å². The van der Waals surface area contributed by atoms with Gasteiger partial charge in [0.05, 0.1) is 4.92 Å². The number of hydrogen-bond donors (Lipinski definition) is 0. The normalized spacial score (nSPS) is 10.6. The van der Waals surface area contributed by atoms with Gasteiger partial charge in [-0.1, -0.05) is 15.9 Å². The van der Waals surface area contributed by atoms with Crippen molar-refractivity contribution in [1.29, 1.82) is 0 Å². The summed E-state index contributed by atoms with van der Waals surface area (Å²) in [5.74, 6) is 0. The van der Waals surface area contributed by atoms with Crippen LogP contribution in [0.1, 0.15) is 5.56 Å². The van der Waals surface area contributed by atoms with E-state index < -0.39 is 16.2 Å². The average Bonchev–Trinajstić information content (AvgIpc) is 2.19. The molecule has 0 fully saturated rings. The van der Waals surface area contributed by atoms with Crippen LogP contribution in [0.3, 0.4) is 0 Å². The van der Waals surface area contributed by atoms with Gasteiger partial charge in [0.2, 0.25) is 0 Å². The molecule has 5 nitrogen and oxygen atoms in total. The van der Waals surface area contributed by atoms with Gasteiger partial charge >= 0.3 is 11.3 Å². The summed E-state index contributed by atoms with van der Waals surface area (Å²) < 4.78 is 5.64. The summed E-state index contributed by atoms with van der Waals surface area (Å²) in [5.41, 5.74) is -0.767. The molecule has 0 N–H and O–H groups in total. The lowest BCUT2D eigenvalue weighted by Gasteiger charge is -2.01. The van der Waals surface area contributed by atoms with Crippen LogP contribution in [-0.2, 0) is 0 Å². The lowest BCUT2D eigenvalue weighted by Crippen LogP contribution is -2.08. The van der Waals surface area contributed by atoms with Crippen LogP contribution in [0.4, 0.5) is 5.69 Å². The van der Waals surface area contributed by atoms with E-state index in [1.807, 2.05) is 0 Å². The minimum absolute atomic E-state index is 0.317. The van der Waals surface area contributed by atoms with Crippen molar-refractivity contribution in [2.24, 2.45) is 0 Å². The minimum Gasteiger partial charge on any atom is -0.418 e. The van der Waals surface area contributed by atoms with Crippen LogP contribution >= 0.6 is 15.9 Å². The zero-order chi connectivity index (χ0) is 11.9. The van der Waals surface area contributed by atoms with E-state index in [4.69, 9.17) is 4.42 Å². The minimum atomic E-state index is -0.919. The van der Waals surface area contributed by atoms with E-state index >= 15 is 0 Å². The first kappa shape index (κ1) is 10.8. The second-order valence-corrected chi connectivity index (χ2v) is 4.18. The third kappa shape index (κ3) is 1.61. The maximum Gasteiger partial charge on any atom is 0.415 e. The molecule has 2 aromatic rings. The van der Waals surface area contributed by atoms with E-state index in [-0.39, 0.29) is 0 Å². The SMILES string of the molecule is Cc1c([N+](=O)[O-])c(=O)oc2ccc(Br)cc12. The van der Waals surface area contributed by atoms with Gasteiger partial charge in [-0.15, -0.1) is 0 Å². The number of fused-ring (bicyclic) bond motifs is 1. The van der Waals surface area contributed by atoms with Crippen LogP contribution in [0.15, 0.2) is 31.9 Å². The quantitative estimate of drug-likeness (QED) is 0.458. The standard InChI is InChI=1S/C10H6BrNO4/c1-5-7-4-6(11)2-3-8(7)16-10(13)9(5)12(14)15/h2-4H,1H3. The van der Waals surface area contributed by atoms with Crippen molar-refractivity contribution >= 4 is 32.6 Å². The van der Waals surface area contributed by atoms with Gasteiger partial charge in [-0.2, -0.15) is 0 Å². The molecular formula is C10H6BrNO4. The number of benzene rings is 1. The maximum atomic E-state index is 11.4. The molecule has 0 amide bonds. The molecule has 0 radical (unpaired) electrons. The van der Waals surface area contributed by atoms with Crippen molar-refractivity contribution in [2.75, 3.05) is 0 Å². The Balaban J connectivity index is 2.96. The fourth-order valence-electron chi connectivity index (χ4n) is 1.52. The fourth-order valence-corrected chi connectivity index (χ4v) is 1.89. The van der Waals surface area contributed by atoms with Crippen LogP contribution in [0, 0.1) is 17.0 Å². The van der Waals surface area contributed by atoms with Gasteiger partial charge in [0.15, 0.2) is 0 Å². The highest BCUT2D eigenvalue weighted by Gasteiger charge is 2.21. The number of nitrogens with zero attached hydrogens (tertiary/aromatic N) is 1. The zero-order valence-electron chi connectivity index (χ0n) is 8.19. The van der Waals surface area contributed by atoms with Crippen LogP contribution < -0.4 is 5.63 Å². The van der Waals surface area contributed by atoms with Crippen molar-refractivity contribution in [3.8, 4) is 0 Å². The van der Waals surface area contributed by atoms with E-state index in [0.29, 0.717) is 16.5 Å². The number of nitro groups is 1. The molecule has 0 unspecified atom stereocenters. The summed E-state index contributed by atoms with van der Waals surface area (Å²) in [4.78, 5) is 21.3. The topological polar surface area (TPSA) is 73.3 Å². The van der Waals surface area contributed by atoms with Gasteiger partial charge in [-0.3, -0.25) is 10.1 Å². The Morgan fingerprint density at radius 2 is 2.12 bits per heavy atom. The number of halogens is 1. The average molecular weight is 284 g/mol. The molecule has 1 heterocycles. The zero-order valence-corrected chi connectivity index (χ0v) is 9.78. The Kier molecular flexibility index (Phi) is 2.51. The Labute approximate surface area is 98.0 Å². The third-order valence-corrected chi connectivity index (χ3v) is 2.77. The molecule has 0 atom stereocenters. The Morgan fingerprint density at radius 1 is 1.44 bits per heavy atom. The first-order chi connectivity index (χ1) is 7.50. The van der Waals surface area contributed by atoms with Gasteiger partial charge < -0.3 is 4.42 Å². The molecule has 0 aliphatic rings. The largest absolute Gasteiger partial charge is 0.418 e. The van der Waals surface area contributed by atoms with Crippen LogP contribution in [-0.4, -0.2) is 4.92 Å². The second-order valence-electron chi connectivity index (χ2n) is 3.26. The molecule has 1 aromatic heterocycles. The molecule has 2 rings (SSSR count). The molecule has 0 aliphatic carbocycles. The molecule has 16 heavy (non-hydrogen) atoms. The molecule has 0 bridgehead atoms. The second kappa shape index (κ2) is 3.71. The highest BCUT2D eigenvalue weighted by atomic mass is 79.9. The smallest absolute Gasteiger partial charge is 0.415 e. The van der Waals surface area contributed by atoms with Gasteiger partial charge in [0.25, 0.3) is 0 Å². The van der Waals surface area contributed by atoms with Crippen LogP contribution in [0.2, 0.25) is 0 Å². The molecule has 6 heteroatoms. The van der Waals surface area contributed by atoms with Gasteiger partial charge in [0, 0.05) is 15.4 Å². The summed E-state index contributed by atoms with van der Waals surface area (Å²) in [6.07, 6.45) is 0. The molecule has 0 saturated heterocycles. The summed E-state index contributed by atoms with van der Waals surface area (Å²) in [7, 11) is 0. The summed E-state index contributed by atoms with van der Waals surface area (Å²) >= 11 is 3.26. The van der Waals surface area contributed by atoms with Gasteiger partial charge in [-0.05, 0) is 25.1 Å². The van der Waals surface area contributed by atoms with Crippen molar-refractivity contribution in [3.05, 3.63) is 48.8 Å². The van der Waals surface area contributed by atoms with E-state index in [2.05, 4.69) is 15.9 Å². The van der Waals surface area contributed by atoms with Crippen molar-refractivity contribution in [1.82, 2.24) is 0 Å². The molecule has 1 aromatic carbocycles. The highest BCUT2D eigenvalue weighted by Crippen LogP contribution is 2.26. The Hall–Kier alpha value is -1.69. The highest BCUT2D eigenvalue weighted by molar-refractivity contribution is 9.10. The maximum absolute atomic E-state index is 11.4. The van der Waals surface area contributed by atoms with E-state index in [1.165, 1.54) is 6.92 Å². The van der Waals surface area contributed by atoms with Crippen molar-refractivity contribution in [3.63, 3.8) is 0 Å². The first-order valence-electron chi connectivity index (χ1n) is 4.38. The Bertz CT molecular complexity index is 647. The predicted octanol–water partition coefficient (Wildman–Crippen LogP) is 2.77. The Morgan fingerprint density at radius 3 is 2.75 bits per heavy atom. The van der Waals surface area contributed by atoms with Crippen molar-refractivity contribution in [2.45, 2.75) is 6.92 Å². The van der Waals surface area contributed by atoms with Crippen LogP contribution in [0.5, 0.6) is 0 Å².